The van der Waals surface area contributed by atoms with Crippen LogP contribution in [0.4, 0.5) is 0 Å². The van der Waals surface area contributed by atoms with E-state index < -0.39 is 24.3 Å². The molecule has 2 atom stereocenters. The maximum Gasteiger partial charge on any atom is 0.320 e. The molecule has 134 valence electrons. The maximum atomic E-state index is 11.3. The van der Waals surface area contributed by atoms with Crippen LogP contribution in [0.1, 0.15) is 24.8 Å². The third-order valence-corrected chi connectivity index (χ3v) is 3.44. The summed E-state index contributed by atoms with van der Waals surface area (Å²) in [5.41, 5.74) is 11.8. The Balaban J connectivity index is 0.000000272. The lowest BCUT2D eigenvalue weighted by atomic mass is 10.2. The normalized spacial score (nSPS) is 19.5. The first kappa shape index (κ1) is 20.0. The van der Waals surface area contributed by atoms with Crippen LogP contribution in [0, 0.1) is 0 Å². The Morgan fingerprint density at radius 3 is 2.42 bits per heavy atom. The number of carboxylic acids is 1. The molecule has 0 radical (unpaired) electrons. The number of carbonyl (C=O) groups excluding carboxylic acids is 1. The number of aliphatic carboxylic acids is 1. The molecule has 1 fully saturated rings. The number of aliphatic hydroxyl groups excluding tert-OH is 1. The first-order valence-electron chi connectivity index (χ1n) is 7.84. The van der Waals surface area contributed by atoms with Gasteiger partial charge in [-0.1, -0.05) is 30.3 Å². The summed E-state index contributed by atoms with van der Waals surface area (Å²) in [6, 6.07) is 9.22. The van der Waals surface area contributed by atoms with Crippen molar-refractivity contribution in [2.45, 2.75) is 44.1 Å². The number of carboxylic acid groups (broad SMARTS) is 1. The van der Waals surface area contributed by atoms with Crippen LogP contribution in [-0.4, -0.2) is 46.9 Å². The number of nitrogens with one attached hydrogen (secondary N) is 2. The second-order valence-electron chi connectivity index (χ2n) is 5.65. The molecule has 1 amide bonds. The van der Waals surface area contributed by atoms with Gasteiger partial charge in [0.25, 0.3) is 0 Å². The van der Waals surface area contributed by atoms with E-state index in [1.165, 1.54) is 0 Å². The monoisotopic (exact) mass is 338 g/mol. The largest absolute Gasteiger partial charge is 0.480 e. The van der Waals surface area contributed by atoms with Gasteiger partial charge in [0, 0.05) is 25.9 Å². The molecule has 0 bridgehead atoms. The van der Waals surface area contributed by atoms with E-state index in [0.717, 1.165) is 5.56 Å². The average molecular weight is 338 g/mol. The van der Waals surface area contributed by atoms with Gasteiger partial charge in [-0.15, -0.1) is 0 Å². The molecule has 1 saturated heterocycles. The molecule has 1 aliphatic rings. The summed E-state index contributed by atoms with van der Waals surface area (Å²) in [7, 11) is 0. The zero-order valence-electron chi connectivity index (χ0n) is 13.5. The van der Waals surface area contributed by atoms with Gasteiger partial charge in [0.05, 0.1) is 12.3 Å². The number of amides is 1. The molecule has 8 heteroatoms. The lowest BCUT2D eigenvalue weighted by Crippen LogP contribution is -2.32. The molecule has 0 saturated carbocycles. The van der Waals surface area contributed by atoms with Crippen LogP contribution in [0.15, 0.2) is 30.3 Å². The van der Waals surface area contributed by atoms with Crippen molar-refractivity contribution in [1.29, 1.82) is 0 Å². The SMILES string of the molecule is NC(N)CCC(=O)NCc1ccccc1.O=C(O)[C@@H]1C[C@@H](O)CN1. The van der Waals surface area contributed by atoms with E-state index in [4.69, 9.17) is 21.7 Å². The Kier molecular flexibility index (Phi) is 8.95. The fourth-order valence-corrected chi connectivity index (χ4v) is 2.09. The number of rotatable bonds is 6. The number of benzene rings is 1. The van der Waals surface area contributed by atoms with Gasteiger partial charge >= 0.3 is 5.97 Å². The Labute approximate surface area is 141 Å². The molecule has 1 heterocycles. The molecule has 1 aromatic rings. The van der Waals surface area contributed by atoms with Crippen molar-refractivity contribution < 1.29 is 19.8 Å². The van der Waals surface area contributed by atoms with Crippen LogP contribution < -0.4 is 22.1 Å². The molecule has 1 aromatic carbocycles. The van der Waals surface area contributed by atoms with Gasteiger partial charge in [0.2, 0.25) is 5.91 Å². The van der Waals surface area contributed by atoms with Gasteiger partial charge < -0.3 is 32.3 Å². The quantitative estimate of drug-likeness (QED) is 0.369. The van der Waals surface area contributed by atoms with Crippen molar-refractivity contribution in [1.82, 2.24) is 10.6 Å². The van der Waals surface area contributed by atoms with Crippen LogP contribution >= 0.6 is 0 Å². The first-order valence-corrected chi connectivity index (χ1v) is 7.84. The second kappa shape index (κ2) is 10.7. The molecule has 8 N–H and O–H groups in total. The van der Waals surface area contributed by atoms with Crippen LogP contribution in [0.2, 0.25) is 0 Å². The molecule has 0 aliphatic carbocycles. The number of carbonyl (C=O) groups is 2. The molecule has 0 unspecified atom stereocenters. The van der Waals surface area contributed by atoms with Crippen molar-refractivity contribution in [3.05, 3.63) is 35.9 Å². The lowest BCUT2D eigenvalue weighted by Gasteiger charge is -2.06. The molecule has 0 aromatic heterocycles. The first-order chi connectivity index (χ1) is 11.4. The summed E-state index contributed by atoms with van der Waals surface area (Å²) < 4.78 is 0. The van der Waals surface area contributed by atoms with Gasteiger partial charge in [-0.25, -0.2) is 0 Å². The van der Waals surface area contributed by atoms with Gasteiger partial charge in [-0.05, 0) is 12.0 Å². The average Bonchev–Trinajstić information content (AvgIpc) is 2.99. The van der Waals surface area contributed by atoms with Crippen molar-refractivity contribution in [3.8, 4) is 0 Å². The summed E-state index contributed by atoms with van der Waals surface area (Å²) in [4.78, 5) is 21.5. The third kappa shape index (κ3) is 8.59. The fourth-order valence-electron chi connectivity index (χ4n) is 2.09. The predicted molar refractivity (Wildman–Crippen MR) is 89.7 cm³/mol. The Morgan fingerprint density at radius 2 is 1.96 bits per heavy atom. The second-order valence-corrected chi connectivity index (χ2v) is 5.65. The van der Waals surface area contributed by atoms with Crippen LogP contribution in [0.25, 0.3) is 0 Å². The van der Waals surface area contributed by atoms with Crippen molar-refractivity contribution in [2.75, 3.05) is 6.54 Å². The van der Waals surface area contributed by atoms with E-state index in [1.54, 1.807) is 0 Å². The minimum Gasteiger partial charge on any atom is -0.480 e. The van der Waals surface area contributed by atoms with E-state index in [0.29, 0.717) is 32.4 Å². The zero-order chi connectivity index (χ0) is 17.9. The minimum absolute atomic E-state index is 0.0141. The Bertz CT molecular complexity index is 510. The van der Waals surface area contributed by atoms with Gasteiger partial charge in [0.15, 0.2) is 0 Å². The van der Waals surface area contributed by atoms with E-state index in [9.17, 15) is 9.59 Å². The number of aliphatic hydroxyl groups is 1. The highest BCUT2D eigenvalue weighted by Gasteiger charge is 2.27. The number of β-amino-alcohol motifs (C(OH)–C–C–N with tert-alkyl or cyclic N) is 1. The molecule has 0 spiro atoms. The summed E-state index contributed by atoms with van der Waals surface area (Å²) in [5, 5.41) is 22.6. The lowest BCUT2D eigenvalue weighted by molar-refractivity contribution is -0.139. The highest BCUT2D eigenvalue weighted by molar-refractivity contribution is 5.75. The summed E-state index contributed by atoms with van der Waals surface area (Å²) in [6.07, 6.45) is 0.332. The summed E-state index contributed by atoms with van der Waals surface area (Å²) in [5.74, 6) is -0.897. The standard InChI is InChI=1S/C11H17N3O.C5H9NO3/c12-10(13)6-7-11(15)14-8-9-4-2-1-3-5-9;7-3-1-4(5(8)9)6-2-3/h1-5,10H,6-8,12-13H2,(H,14,15);3-4,6-7H,1-2H2,(H,8,9)/t;3-,4+/m.1/s1. The Hall–Kier alpha value is -2.00. The Morgan fingerprint density at radius 1 is 1.29 bits per heavy atom. The topological polar surface area (TPSA) is 151 Å². The van der Waals surface area contributed by atoms with E-state index in [2.05, 4.69) is 10.6 Å². The highest BCUT2D eigenvalue weighted by atomic mass is 16.4. The number of hydrogen-bond acceptors (Lipinski definition) is 6. The van der Waals surface area contributed by atoms with Crippen molar-refractivity contribution >= 4 is 11.9 Å². The predicted octanol–water partition coefficient (Wildman–Crippen LogP) is -0.880. The molecule has 1 aliphatic heterocycles. The number of nitrogens with two attached hydrogens (primary N) is 2. The zero-order valence-corrected chi connectivity index (χ0v) is 13.5. The third-order valence-electron chi connectivity index (χ3n) is 3.44. The molecular formula is C16H26N4O4. The van der Waals surface area contributed by atoms with Gasteiger partial charge in [-0.2, -0.15) is 0 Å². The van der Waals surface area contributed by atoms with Crippen LogP contribution in [-0.2, 0) is 16.1 Å². The number of hydrogen-bond donors (Lipinski definition) is 6. The van der Waals surface area contributed by atoms with Crippen molar-refractivity contribution in [2.24, 2.45) is 11.5 Å². The van der Waals surface area contributed by atoms with Gasteiger partial charge in [0.1, 0.15) is 6.04 Å². The molecular weight excluding hydrogens is 312 g/mol. The summed E-state index contributed by atoms with van der Waals surface area (Å²) in [6.45, 7) is 0.955. The van der Waals surface area contributed by atoms with Crippen LogP contribution in [0.5, 0.6) is 0 Å². The van der Waals surface area contributed by atoms with E-state index >= 15 is 0 Å². The van der Waals surface area contributed by atoms with Gasteiger partial charge in [-0.3, -0.25) is 9.59 Å². The molecule has 24 heavy (non-hydrogen) atoms. The minimum atomic E-state index is -0.883. The van der Waals surface area contributed by atoms with Crippen molar-refractivity contribution in [3.63, 3.8) is 0 Å². The summed E-state index contributed by atoms with van der Waals surface area (Å²) >= 11 is 0. The van der Waals surface area contributed by atoms with E-state index in [1.807, 2.05) is 30.3 Å². The highest BCUT2D eigenvalue weighted by Crippen LogP contribution is 2.05. The van der Waals surface area contributed by atoms with Crippen LogP contribution in [0.3, 0.4) is 0 Å². The smallest absolute Gasteiger partial charge is 0.320 e. The molecule has 8 nitrogen and oxygen atoms in total. The fraction of sp³-hybridized carbons (Fsp3) is 0.500. The van der Waals surface area contributed by atoms with E-state index in [-0.39, 0.29) is 5.91 Å². The molecule has 2 rings (SSSR count). The maximum absolute atomic E-state index is 11.3.